The molecule has 0 heterocycles. The number of nitrogens with two attached hydrogens (primary N) is 1. The lowest BCUT2D eigenvalue weighted by molar-refractivity contribution is 0.249. The molecule has 0 aliphatic heterocycles. The Bertz CT molecular complexity index is 393. The Morgan fingerprint density at radius 1 is 1.67 bits per heavy atom. The molecule has 0 spiro atoms. The normalized spacial score (nSPS) is 10.3. The molecule has 6 heteroatoms. The quantitative estimate of drug-likeness (QED) is 0.574. The minimum Gasteiger partial charge on any atom is -0.496 e. The van der Waals surface area contributed by atoms with Crippen LogP contribution in [0.4, 0.5) is 9.18 Å². The zero-order chi connectivity index (χ0) is 11.3. The Hall–Kier alpha value is -2.11. The van der Waals surface area contributed by atoms with E-state index in [4.69, 9.17) is 10.5 Å². The second-order valence-electron chi connectivity index (χ2n) is 2.62. The molecule has 0 aliphatic carbocycles. The number of hydrogen-bond acceptors (Lipinski definition) is 3. The Morgan fingerprint density at radius 3 is 3.00 bits per heavy atom. The molecule has 3 N–H and O–H groups in total. The number of hydrazone groups is 1. The number of primary amides is 1. The van der Waals surface area contributed by atoms with Gasteiger partial charge in [-0.2, -0.15) is 5.10 Å². The second-order valence-corrected chi connectivity index (χ2v) is 2.62. The fraction of sp³-hybridized carbons (Fsp3) is 0.111. The van der Waals surface area contributed by atoms with Crippen LogP contribution in [0.5, 0.6) is 5.75 Å². The number of methoxy groups -OCH3 is 1. The maximum atomic E-state index is 12.8. The zero-order valence-corrected chi connectivity index (χ0v) is 8.03. The van der Waals surface area contributed by atoms with Crippen molar-refractivity contribution in [3.63, 3.8) is 0 Å². The van der Waals surface area contributed by atoms with Gasteiger partial charge in [0.15, 0.2) is 0 Å². The van der Waals surface area contributed by atoms with Gasteiger partial charge in [0.2, 0.25) is 0 Å². The molecule has 0 bridgehead atoms. The van der Waals surface area contributed by atoms with Crippen LogP contribution in [-0.4, -0.2) is 19.4 Å². The van der Waals surface area contributed by atoms with Crippen LogP contribution in [0.2, 0.25) is 0 Å². The molecule has 0 unspecified atom stereocenters. The SMILES string of the molecule is COc1ccc(F)cc1C=NNC(N)=O. The number of nitrogens with one attached hydrogen (secondary N) is 1. The van der Waals surface area contributed by atoms with E-state index >= 15 is 0 Å². The van der Waals surface area contributed by atoms with Crippen LogP contribution in [0.3, 0.4) is 0 Å². The fourth-order valence-corrected chi connectivity index (χ4v) is 0.972. The van der Waals surface area contributed by atoms with Crippen LogP contribution < -0.4 is 15.9 Å². The molecule has 0 aliphatic rings. The first-order chi connectivity index (χ1) is 7.13. The first-order valence-corrected chi connectivity index (χ1v) is 4.05. The second kappa shape index (κ2) is 4.94. The lowest BCUT2D eigenvalue weighted by Gasteiger charge is -2.03. The van der Waals surface area contributed by atoms with Gasteiger partial charge in [0.25, 0.3) is 0 Å². The molecule has 0 saturated heterocycles. The zero-order valence-electron chi connectivity index (χ0n) is 8.03. The Labute approximate surface area is 85.7 Å². The molecule has 0 atom stereocenters. The van der Waals surface area contributed by atoms with Crippen molar-refractivity contribution >= 4 is 12.2 Å². The molecule has 0 saturated carbocycles. The van der Waals surface area contributed by atoms with E-state index in [1.807, 2.05) is 5.43 Å². The van der Waals surface area contributed by atoms with E-state index in [-0.39, 0.29) is 0 Å². The van der Waals surface area contributed by atoms with Crippen LogP contribution in [-0.2, 0) is 0 Å². The molecule has 2 amide bonds. The number of ether oxygens (including phenoxy) is 1. The highest BCUT2D eigenvalue weighted by Gasteiger charge is 2.01. The van der Waals surface area contributed by atoms with Crippen molar-refractivity contribution in [3.05, 3.63) is 29.6 Å². The van der Waals surface area contributed by atoms with Crippen molar-refractivity contribution in [1.82, 2.24) is 5.43 Å². The minimum atomic E-state index is -0.790. The number of carbonyl (C=O) groups is 1. The summed E-state index contributed by atoms with van der Waals surface area (Å²) < 4.78 is 17.8. The Kier molecular flexibility index (Phi) is 3.61. The Morgan fingerprint density at radius 2 is 2.40 bits per heavy atom. The number of nitrogens with zero attached hydrogens (tertiary/aromatic N) is 1. The summed E-state index contributed by atoms with van der Waals surface area (Å²) in [7, 11) is 1.45. The van der Waals surface area contributed by atoms with E-state index in [0.29, 0.717) is 11.3 Å². The highest BCUT2D eigenvalue weighted by Crippen LogP contribution is 2.16. The molecule has 15 heavy (non-hydrogen) atoms. The summed E-state index contributed by atoms with van der Waals surface area (Å²) in [6.45, 7) is 0. The van der Waals surface area contributed by atoms with E-state index in [1.54, 1.807) is 0 Å². The van der Waals surface area contributed by atoms with E-state index in [0.717, 1.165) is 0 Å². The number of urea groups is 1. The first-order valence-electron chi connectivity index (χ1n) is 4.05. The molecule has 0 fully saturated rings. The van der Waals surface area contributed by atoms with Crippen LogP contribution in [0.1, 0.15) is 5.56 Å². The largest absolute Gasteiger partial charge is 0.496 e. The maximum Gasteiger partial charge on any atom is 0.332 e. The highest BCUT2D eigenvalue weighted by molar-refractivity contribution is 5.84. The van der Waals surface area contributed by atoms with Crippen LogP contribution >= 0.6 is 0 Å². The molecule has 80 valence electrons. The summed E-state index contributed by atoms with van der Waals surface area (Å²) in [5, 5.41) is 3.49. The first kappa shape index (κ1) is 11.0. The third-order valence-electron chi connectivity index (χ3n) is 1.57. The minimum absolute atomic E-state index is 0.409. The van der Waals surface area contributed by atoms with Gasteiger partial charge in [-0.15, -0.1) is 0 Å². The van der Waals surface area contributed by atoms with Crippen molar-refractivity contribution in [2.24, 2.45) is 10.8 Å². The van der Waals surface area contributed by atoms with Crippen LogP contribution in [0, 0.1) is 5.82 Å². The third kappa shape index (κ3) is 3.26. The molecule has 0 aromatic heterocycles. The van der Waals surface area contributed by atoms with Gasteiger partial charge >= 0.3 is 6.03 Å². The number of carbonyl (C=O) groups excluding carboxylic acids is 1. The molecule has 0 radical (unpaired) electrons. The molecule has 1 rings (SSSR count). The van der Waals surface area contributed by atoms with Crippen molar-refractivity contribution in [3.8, 4) is 5.75 Å². The maximum absolute atomic E-state index is 12.8. The molecular formula is C9H10FN3O2. The summed E-state index contributed by atoms with van der Waals surface area (Å²) >= 11 is 0. The van der Waals surface area contributed by atoms with Gasteiger partial charge in [0.05, 0.1) is 13.3 Å². The number of benzene rings is 1. The van der Waals surface area contributed by atoms with Gasteiger partial charge in [0.1, 0.15) is 11.6 Å². The predicted molar refractivity (Wildman–Crippen MR) is 53.3 cm³/mol. The van der Waals surface area contributed by atoms with E-state index in [2.05, 4.69) is 5.10 Å². The van der Waals surface area contributed by atoms with E-state index < -0.39 is 11.8 Å². The van der Waals surface area contributed by atoms with Crippen molar-refractivity contribution in [2.75, 3.05) is 7.11 Å². The lowest BCUT2D eigenvalue weighted by Crippen LogP contribution is -2.24. The van der Waals surface area contributed by atoms with Crippen molar-refractivity contribution in [2.45, 2.75) is 0 Å². The lowest BCUT2D eigenvalue weighted by atomic mass is 10.2. The van der Waals surface area contributed by atoms with Gasteiger partial charge in [-0.1, -0.05) is 0 Å². The predicted octanol–water partition coefficient (Wildman–Crippen LogP) is 0.837. The summed E-state index contributed by atoms with van der Waals surface area (Å²) in [6, 6.07) is 3.16. The molecule has 5 nitrogen and oxygen atoms in total. The molecule has 1 aromatic carbocycles. The van der Waals surface area contributed by atoms with Gasteiger partial charge in [-0.3, -0.25) is 0 Å². The van der Waals surface area contributed by atoms with E-state index in [1.165, 1.54) is 31.5 Å². The fourth-order valence-electron chi connectivity index (χ4n) is 0.972. The smallest absolute Gasteiger partial charge is 0.332 e. The summed E-state index contributed by atoms with van der Waals surface area (Å²) in [5.41, 5.74) is 7.19. The Balaban J connectivity index is 2.87. The number of hydrogen-bond donors (Lipinski definition) is 2. The summed E-state index contributed by atoms with van der Waals surface area (Å²) in [5.74, 6) is 0.0303. The van der Waals surface area contributed by atoms with Gasteiger partial charge in [-0.25, -0.2) is 14.6 Å². The monoisotopic (exact) mass is 211 g/mol. The van der Waals surface area contributed by atoms with Gasteiger partial charge in [-0.05, 0) is 18.2 Å². The highest BCUT2D eigenvalue weighted by atomic mass is 19.1. The number of amides is 2. The standard InChI is InChI=1S/C9H10FN3O2/c1-15-8-3-2-7(10)4-6(8)5-12-13-9(11)14/h2-5H,1H3,(H3,11,13,14). The average Bonchev–Trinajstić information content (AvgIpc) is 2.17. The summed E-state index contributed by atoms with van der Waals surface area (Å²) in [6.07, 6.45) is 1.24. The van der Waals surface area contributed by atoms with Gasteiger partial charge < -0.3 is 10.5 Å². The van der Waals surface area contributed by atoms with Crippen LogP contribution in [0.25, 0.3) is 0 Å². The van der Waals surface area contributed by atoms with E-state index in [9.17, 15) is 9.18 Å². The number of rotatable bonds is 3. The number of halogens is 1. The molecular weight excluding hydrogens is 201 g/mol. The average molecular weight is 211 g/mol. The van der Waals surface area contributed by atoms with Gasteiger partial charge in [0, 0.05) is 5.56 Å². The molecule has 1 aromatic rings. The van der Waals surface area contributed by atoms with Crippen molar-refractivity contribution in [1.29, 1.82) is 0 Å². The summed E-state index contributed by atoms with van der Waals surface area (Å²) in [4.78, 5) is 10.3. The third-order valence-corrected chi connectivity index (χ3v) is 1.57. The van der Waals surface area contributed by atoms with Crippen molar-refractivity contribution < 1.29 is 13.9 Å². The topological polar surface area (TPSA) is 76.7 Å². The van der Waals surface area contributed by atoms with Crippen LogP contribution in [0.15, 0.2) is 23.3 Å².